The fourth-order valence-electron chi connectivity index (χ4n) is 1.50. The molecule has 0 saturated carbocycles. The highest BCUT2D eigenvalue weighted by molar-refractivity contribution is 7.66. The number of hydrogen-bond donors (Lipinski definition) is 2. The molecule has 0 fully saturated rings. The molecule has 0 aliphatic carbocycles. The van der Waals surface area contributed by atoms with Crippen molar-refractivity contribution >= 4 is 18.6 Å². The molecule has 1 aromatic carbocycles. The van der Waals surface area contributed by atoms with Crippen LogP contribution in [0.15, 0.2) is 24.3 Å². The van der Waals surface area contributed by atoms with E-state index in [-0.39, 0.29) is 6.16 Å². The molecule has 0 radical (unpaired) electrons. The van der Waals surface area contributed by atoms with Crippen LogP contribution >= 0.6 is 7.37 Å². The van der Waals surface area contributed by atoms with Gasteiger partial charge in [0.2, 0.25) is 7.37 Å². The van der Waals surface area contributed by atoms with Crippen molar-refractivity contribution in [1.82, 2.24) is 0 Å². The van der Waals surface area contributed by atoms with Gasteiger partial charge in [0.15, 0.2) is 0 Å². The molecule has 16 heavy (non-hydrogen) atoms. The van der Waals surface area contributed by atoms with Crippen LogP contribution in [0.3, 0.4) is 0 Å². The molecule has 2 unspecified atom stereocenters. The zero-order chi connectivity index (χ0) is 12.3. The second kappa shape index (κ2) is 4.81. The van der Waals surface area contributed by atoms with Crippen molar-refractivity contribution in [1.29, 1.82) is 0 Å². The molecule has 5 heteroatoms. The van der Waals surface area contributed by atoms with E-state index >= 15 is 0 Å². The molecule has 0 aliphatic rings. The third-order valence-electron chi connectivity index (χ3n) is 2.43. The predicted molar refractivity (Wildman–Crippen MR) is 62.3 cm³/mol. The van der Waals surface area contributed by atoms with E-state index in [1.807, 2.05) is 0 Å². The van der Waals surface area contributed by atoms with Gasteiger partial charge in [0, 0.05) is 11.5 Å². The minimum absolute atomic E-state index is 0.229. The number of benzene rings is 1. The zero-order valence-electron chi connectivity index (χ0n) is 9.25. The molecular formula is C11H15O4P. The Morgan fingerprint density at radius 1 is 1.44 bits per heavy atom. The summed E-state index contributed by atoms with van der Waals surface area (Å²) in [5, 5.41) is 9.08. The molecule has 0 bridgehead atoms. The maximum Gasteiger partial charge on any atom is 0.306 e. The lowest BCUT2D eigenvalue weighted by Crippen LogP contribution is -2.19. The Kier molecular flexibility index (Phi) is 3.89. The summed E-state index contributed by atoms with van der Waals surface area (Å²) in [4.78, 5) is 20.5. The topological polar surface area (TPSA) is 74.6 Å². The normalized spacial score (nSPS) is 16.4. The van der Waals surface area contributed by atoms with Crippen molar-refractivity contribution < 1.29 is 19.4 Å². The van der Waals surface area contributed by atoms with Crippen LogP contribution in [0.25, 0.3) is 0 Å². The van der Waals surface area contributed by atoms with Gasteiger partial charge in [-0.05, 0) is 18.6 Å². The summed E-state index contributed by atoms with van der Waals surface area (Å²) >= 11 is 0. The zero-order valence-corrected chi connectivity index (χ0v) is 10.1. The van der Waals surface area contributed by atoms with Gasteiger partial charge in [-0.3, -0.25) is 9.36 Å². The quantitative estimate of drug-likeness (QED) is 0.786. The van der Waals surface area contributed by atoms with Crippen molar-refractivity contribution in [2.75, 3.05) is 6.16 Å². The Labute approximate surface area is 94.4 Å². The third kappa shape index (κ3) is 2.94. The lowest BCUT2D eigenvalue weighted by atomic mass is 10.2. The van der Waals surface area contributed by atoms with E-state index in [4.69, 9.17) is 5.11 Å². The first-order chi connectivity index (χ1) is 7.34. The van der Waals surface area contributed by atoms with E-state index in [9.17, 15) is 14.3 Å². The molecule has 0 saturated heterocycles. The van der Waals surface area contributed by atoms with E-state index in [0.717, 1.165) is 0 Å². The van der Waals surface area contributed by atoms with Crippen LogP contribution in [0.1, 0.15) is 12.5 Å². The van der Waals surface area contributed by atoms with E-state index in [1.165, 1.54) is 6.92 Å². The molecule has 1 aromatic rings. The number of aryl methyl sites for hydroxylation is 1. The number of hydrogen-bond acceptors (Lipinski definition) is 2. The predicted octanol–water partition coefficient (Wildman–Crippen LogP) is 1.61. The molecule has 0 spiro atoms. The van der Waals surface area contributed by atoms with E-state index in [0.29, 0.717) is 10.9 Å². The first kappa shape index (κ1) is 12.9. The summed E-state index contributed by atoms with van der Waals surface area (Å²) < 4.78 is 12.0. The second-order valence-electron chi connectivity index (χ2n) is 3.91. The van der Waals surface area contributed by atoms with Crippen LogP contribution in [0.4, 0.5) is 0 Å². The average molecular weight is 242 g/mol. The van der Waals surface area contributed by atoms with Gasteiger partial charge in [-0.2, -0.15) is 0 Å². The minimum Gasteiger partial charge on any atom is -0.481 e. The summed E-state index contributed by atoms with van der Waals surface area (Å²) in [5.41, 5.74) is 0.714. The van der Waals surface area contributed by atoms with E-state index in [1.54, 1.807) is 31.2 Å². The van der Waals surface area contributed by atoms with Gasteiger partial charge < -0.3 is 10.00 Å². The monoisotopic (exact) mass is 242 g/mol. The molecule has 2 atom stereocenters. The summed E-state index contributed by atoms with van der Waals surface area (Å²) in [5.74, 6) is -1.88. The number of carboxylic acids is 1. The highest BCUT2D eigenvalue weighted by atomic mass is 31.2. The first-order valence-electron chi connectivity index (χ1n) is 4.95. The third-order valence-corrected chi connectivity index (χ3v) is 4.73. The maximum absolute atomic E-state index is 12.0. The fourth-order valence-corrected chi connectivity index (χ4v) is 3.54. The molecule has 0 amide bonds. The van der Waals surface area contributed by atoms with Crippen molar-refractivity contribution in [3.8, 4) is 0 Å². The second-order valence-corrected chi connectivity index (χ2v) is 6.16. The molecular weight excluding hydrogens is 227 g/mol. The molecule has 2 N–H and O–H groups in total. The molecule has 88 valence electrons. The van der Waals surface area contributed by atoms with Crippen LogP contribution in [0.5, 0.6) is 0 Å². The Balaban J connectivity index is 2.99. The van der Waals surface area contributed by atoms with Crippen molar-refractivity contribution in [3.05, 3.63) is 29.8 Å². The minimum atomic E-state index is -3.57. The Hall–Kier alpha value is -1.12. The molecule has 0 aliphatic heterocycles. The Morgan fingerprint density at radius 3 is 2.50 bits per heavy atom. The van der Waals surface area contributed by atoms with Crippen molar-refractivity contribution in [2.45, 2.75) is 13.8 Å². The van der Waals surface area contributed by atoms with Crippen molar-refractivity contribution in [2.24, 2.45) is 5.92 Å². The summed E-state index contributed by atoms with van der Waals surface area (Å²) in [7, 11) is -3.57. The number of rotatable bonds is 4. The van der Waals surface area contributed by atoms with Crippen LogP contribution in [0, 0.1) is 12.8 Å². The standard InChI is InChI=1S/C11H15O4P/c1-8-5-3-4-6-10(8)16(14,15)7-9(2)11(12)13/h3-6,9H,7H2,1-2H3,(H,12,13)(H,14,15). The number of aliphatic carboxylic acids is 1. The van der Waals surface area contributed by atoms with Gasteiger partial charge in [0.1, 0.15) is 0 Å². The van der Waals surface area contributed by atoms with E-state index < -0.39 is 19.3 Å². The molecule has 0 aromatic heterocycles. The van der Waals surface area contributed by atoms with Crippen LogP contribution < -0.4 is 5.30 Å². The first-order valence-corrected chi connectivity index (χ1v) is 6.80. The van der Waals surface area contributed by atoms with Gasteiger partial charge >= 0.3 is 5.97 Å². The number of carbonyl (C=O) groups is 1. The number of carboxylic acid groups (broad SMARTS) is 1. The molecule has 4 nitrogen and oxygen atoms in total. The summed E-state index contributed by atoms with van der Waals surface area (Å²) in [6, 6.07) is 6.77. The van der Waals surface area contributed by atoms with Crippen molar-refractivity contribution in [3.63, 3.8) is 0 Å². The lowest BCUT2D eigenvalue weighted by molar-refractivity contribution is -0.140. The van der Waals surface area contributed by atoms with Crippen LogP contribution in [-0.4, -0.2) is 22.1 Å². The fraction of sp³-hybridized carbons (Fsp3) is 0.364. The molecule has 1 rings (SSSR count). The average Bonchev–Trinajstić information content (AvgIpc) is 2.17. The Morgan fingerprint density at radius 2 is 2.00 bits per heavy atom. The van der Waals surface area contributed by atoms with Gasteiger partial charge in [-0.1, -0.05) is 25.1 Å². The van der Waals surface area contributed by atoms with Crippen LogP contribution in [0.2, 0.25) is 0 Å². The van der Waals surface area contributed by atoms with E-state index in [2.05, 4.69) is 0 Å². The van der Waals surface area contributed by atoms with Gasteiger partial charge in [-0.25, -0.2) is 0 Å². The highest BCUT2D eigenvalue weighted by Gasteiger charge is 2.28. The maximum atomic E-state index is 12.0. The van der Waals surface area contributed by atoms with Gasteiger partial charge in [-0.15, -0.1) is 0 Å². The summed E-state index contributed by atoms with van der Waals surface area (Å²) in [6.07, 6.45) is -0.229. The van der Waals surface area contributed by atoms with Gasteiger partial charge in [0.25, 0.3) is 0 Å². The van der Waals surface area contributed by atoms with Gasteiger partial charge in [0.05, 0.1) is 5.92 Å². The Bertz CT molecular complexity index is 441. The highest BCUT2D eigenvalue weighted by Crippen LogP contribution is 2.42. The lowest BCUT2D eigenvalue weighted by Gasteiger charge is -2.16. The SMILES string of the molecule is Cc1ccccc1P(=O)(O)CC(C)C(=O)O. The summed E-state index contributed by atoms with van der Waals surface area (Å²) in [6.45, 7) is 3.17. The van der Waals surface area contributed by atoms with Crippen LogP contribution in [-0.2, 0) is 9.36 Å². The smallest absolute Gasteiger partial charge is 0.306 e. The molecule has 0 heterocycles. The largest absolute Gasteiger partial charge is 0.481 e.